The molecule has 0 unspecified atom stereocenters. The van der Waals surface area contributed by atoms with Crippen molar-refractivity contribution in [2.45, 2.75) is 44.9 Å². The summed E-state index contributed by atoms with van der Waals surface area (Å²) < 4.78 is 5.27. The standard InChI is InChI=1S/C18H25N3O7/c1-2-14(22)20-7-6-15(23)21-12-5-3-4-11(8-12)10-28-17(18(26)27)13(19)9-16(24)25/h3-5,8,13,17H,2,6-7,9-10,19H2,1H3,(H,20,22)(H,21,23)(H,24,25)(H,26,27)/t13-,17-/m1/s1. The number of carboxylic acids is 2. The Balaban J connectivity index is 2.59. The van der Waals surface area contributed by atoms with Crippen LogP contribution in [-0.2, 0) is 30.5 Å². The number of rotatable bonds is 12. The lowest BCUT2D eigenvalue weighted by atomic mass is 10.1. The highest BCUT2D eigenvalue weighted by Crippen LogP contribution is 2.14. The van der Waals surface area contributed by atoms with E-state index in [-0.39, 0.29) is 31.4 Å². The van der Waals surface area contributed by atoms with Gasteiger partial charge in [-0.15, -0.1) is 0 Å². The van der Waals surface area contributed by atoms with Crippen LogP contribution in [0.5, 0.6) is 0 Å². The van der Waals surface area contributed by atoms with Crippen molar-refractivity contribution in [1.82, 2.24) is 5.32 Å². The van der Waals surface area contributed by atoms with Gasteiger partial charge in [0.25, 0.3) is 0 Å². The minimum atomic E-state index is -1.48. The molecule has 154 valence electrons. The van der Waals surface area contributed by atoms with Gasteiger partial charge in [-0.1, -0.05) is 19.1 Å². The van der Waals surface area contributed by atoms with Crippen LogP contribution in [-0.4, -0.2) is 52.7 Å². The molecule has 10 heteroatoms. The summed E-state index contributed by atoms with van der Waals surface area (Å²) in [5.41, 5.74) is 6.64. The molecular formula is C18H25N3O7. The Hall–Kier alpha value is -2.98. The maximum Gasteiger partial charge on any atom is 0.334 e. The van der Waals surface area contributed by atoms with Crippen LogP contribution in [0.3, 0.4) is 0 Å². The second-order valence-corrected chi connectivity index (χ2v) is 6.03. The minimum absolute atomic E-state index is 0.109. The predicted molar refractivity (Wildman–Crippen MR) is 99.4 cm³/mol. The number of benzene rings is 1. The fraction of sp³-hybridized carbons (Fsp3) is 0.444. The highest BCUT2D eigenvalue weighted by atomic mass is 16.5. The van der Waals surface area contributed by atoms with Gasteiger partial charge in [-0.3, -0.25) is 14.4 Å². The van der Waals surface area contributed by atoms with Crippen LogP contribution in [0, 0.1) is 0 Å². The van der Waals surface area contributed by atoms with Gasteiger partial charge >= 0.3 is 11.9 Å². The van der Waals surface area contributed by atoms with Gasteiger partial charge in [-0.05, 0) is 17.7 Å². The number of nitrogens with one attached hydrogen (secondary N) is 2. The molecule has 0 aliphatic heterocycles. The average Bonchev–Trinajstić information content (AvgIpc) is 2.61. The van der Waals surface area contributed by atoms with Crippen molar-refractivity contribution in [1.29, 1.82) is 0 Å². The molecule has 2 atom stereocenters. The highest BCUT2D eigenvalue weighted by Gasteiger charge is 2.28. The van der Waals surface area contributed by atoms with E-state index in [1.165, 1.54) is 0 Å². The lowest BCUT2D eigenvalue weighted by molar-refractivity contribution is -0.154. The molecule has 0 aliphatic rings. The zero-order valence-electron chi connectivity index (χ0n) is 15.5. The smallest absolute Gasteiger partial charge is 0.334 e. The van der Waals surface area contributed by atoms with Gasteiger partial charge in [0.2, 0.25) is 11.8 Å². The van der Waals surface area contributed by atoms with Crippen molar-refractivity contribution in [3.05, 3.63) is 29.8 Å². The Morgan fingerprint density at radius 1 is 1.18 bits per heavy atom. The molecule has 10 nitrogen and oxygen atoms in total. The van der Waals surface area contributed by atoms with Crippen LogP contribution in [0.1, 0.15) is 31.7 Å². The highest BCUT2D eigenvalue weighted by molar-refractivity contribution is 5.91. The van der Waals surface area contributed by atoms with Crippen molar-refractivity contribution < 1.29 is 34.1 Å². The molecule has 0 radical (unpaired) electrons. The first-order valence-electron chi connectivity index (χ1n) is 8.70. The van der Waals surface area contributed by atoms with E-state index in [0.29, 0.717) is 17.7 Å². The topological polar surface area (TPSA) is 168 Å². The van der Waals surface area contributed by atoms with Crippen molar-refractivity contribution in [2.24, 2.45) is 5.73 Å². The van der Waals surface area contributed by atoms with Gasteiger partial charge in [0.1, 0.15) is 0 Å². The number of aliphatic carboxylic acids is 2. The summed E-state index contributed by atoms with van der Waals surface area (Å²) in [4.78, 5) is 45.0. The molecule has 1 aromatic rings. The molecule has 0 bridgehead atoms. The number of carboxylic acid groups (broad SMARTS) is 2. The molecular weight excluding hydrogens is 370 g/mol. The van der Waals surface area contributed by atoms with E-state index < -0.39 is 30.5 Å². The summed E-state index contributed by atoms with van der Waals surface area (Å²) in [7, 11) is 0. The summed E-state index contributed by atoms with van der Waals surface area (Å²) in [5.74, 6) is -3.00. The summed E-state index contributed by atoms with van der Waals surface area (Å²) in [6, 6.07) is 5.37. The number of ether oxygens (including phenoxy) is 1. The fourth-order valence-corrected chi connectivity index (χ4v) is 2.28. The third-order valence-corrected chi connectivity index (χ3v) is 3.68. The van der Waals surface area contributed by atoms with E-state index >= 15 is 0 Å². The second-order valence-electron chi connectivity index (χ2n) is 6.03. The molecule has 0 saturated carbocycles. The lowest BCUT2D eigenvalue weighted by Crippen LogP contribution is -2.43. The molecule has 0 fully saturated rings. The van der Waals surface area contributed by atoms with Crippen molar-refractivity contribution in [3.63, 3.8) is 0 Å². The molecule has 28 heavy (non-hydrogen) atoms. The average molecular weight is 395 g/mol. The first-order chi connectivity index (χ1) is 13.2. The quantitative estimate of drug-likeness (QED) is 0.337. The number of carbonyl (C=O) groups excluding carboxylic acids is 2. The maximum absolute atomic E-state index is 11.9. The van der Waals surface area contributed by atoms with Gasteiger partial charge < -0.3 is 31.3 Å². The summed E-state index contributed by atoms with van der Waals surface area (Å²) in [6.07, 6.45) is -1.56. The maximum atomic E-state index is 11.9. The Morgan fingerprint density at radius 2 is 1.89 bits per heavy atom. The second kappa shape index (κ2) is 11.7. The molecule has 2 amide bonds. The molecule has 0 aromatic heterocycles. The third-order valence-electron chi connectivity index (χ3n) is 3.68. The number of amides is 2. The largest absolute Gasteiger partial charge is 0.481 e. The molecule has 1 rings (SSSR count). The number of anilines is 1. The van der Waals surface area contributed by atoms with E-state index in [2.05, 4.69) is 10.6 Å². The summed E-state index contributed by atoms with van der Waals surface area (Å²) >= 11 is 0. The molecule has 0 saturated heterocycles. The van der Waals surface area contributed by atoms with E-state index in [4.69, 9.17) is 20.7 Å². The van der Waals surface area contributed by atoms with E-state index in [1.54, 1.807) is 31.2 Å². The SMILES string of the molecule is CCC(=O)NCCC(=O)Nc1cccc(CO[C@@H](C(=O)O)[C@H](N)CC(=O)O)c1. The van der Waals surface area contributed by atoms with Gasteiger partial charge in [0.05, 0.1) is 19.1 Å². The lowest BCUT2D eigenvalue weighted by Gasteiger charge is -2.19. The number of hydrogen-bond acceptors (Lipinski definition) is 6. The van der Waals surface area contributed by atoms with Crippen LogP contribution in [0.25, 0.3) is 0 Å². The number of hydrogen-bond donors (Lipinski definition) is 5. The van der Waals surface area contributed by atoms with E-state index in [1.807, 2.05) is 0 Å². The zero-order valence-corrected chi connectivity index (χ0v) is 15.5. The van der Waals surface area contributed by atoms with Crippen LogP contribution < -0.4 is 16.4 Å². The van der Waals surface area contributed by atoms with Gasteiger partial charge in [-0.25, -0.2) is 4.79 Å². The molecule has 0 heterocycles. The van der Waals surface area contributed by atoms with Crippen molar-refractivity contribution in [3.8, 4) is 0 Å². The molecule has 0 aliphatic carbocycles. The predicted octanol–water partition coefficient (Wildman–Crippen LogP) is 0.313. The minimum Gasteiger partial charge on any atom is -0.481 e. The molecule has 0 spiro atoms. The molecule has 1 aromatic carbocycles. The normalized spacial score (nSPS) is 12.6. The van der Waals surface area contributed by atoms with Crippen LogP contribution >= 0.6 is 0 Å². The monoisotopic (exact) mass is 395 g/mol. The number of nitrogens with two attached hydrogens (primary N) is 1. The van der Waals surface area contributed by atoms with Gasteiger partial charge in [0.15, 0.2) is 6.10 Å². The van der Waals surface area contributed by atoms with Gasteiger partial charge in [0, 0.05) is 25.1 Å². The Kier molecular flexibility index (Phi) is 9.61. The zero-order chi connectivity index (χ0) is 21.1. The summed E-state index contributed by atoms with van der Waals surface area (Å²) in [6.45, 7) is 1.82. The van der Waals surface area contributed by atoms with E-state index in [0.717, 1.165) is 0 Å². The summed E-state index contributed by atoms with van der Waals surface area (Å²) in [5, 5.41) is 23.2. The fourth-order valence-electron chi connectivity index (χ4n) is 2.28. The first-order valence-corrected chi connectivity index (χ1v) is 8.70. The van der Waals surface area contributed by atoms with Gasteiger partial charge in [-0.2, -0.15) is 0 Å². The number of carbonyl (C=O) groups is 4. The Labute approximate surface area is 162 Å². The van der Waals surface area contributed by atoms with Crippen molar-refractivity contribution >= 4 is 29.4 Å². The Morgan fingerprint density at radius 3 is 2.50 bits per heavy atom. The van der Waals surface area contributed by atoms with E-state index in [9.17, 15) is 19.2 Å². The van der Waals surface area contributed by atoms with Crippen molar-refractivity contribution in [2.75, 3.05) is 11.9 Å². The molecule has 6 N–H and O–H groups in total. The third kappa shape index (κ3) is 8.60. The Bertz CT molecular complexity index is 708. The van der Waals surface area contributed by atoms with Crippen LogP contribution in [0.2, 0.25) is 0 Å². The first kappa shape index (κ1) is 23.1. The van der Waals surface area contributed by atoms with Crippen LogP contribution in [0.15, 0.2) is 24.3 Å². The van der Waals surface area contributed by atoms with Crippen LogP contribution in [0.4, 0.5) is 5.69 Å².